The molecule has 0 heterocycles. The van der Waals surface area contributed by atoms with Gasteiger partial charge in [-0.05, 0) is 18.6 Å². The van der Waals surface area contributed by atoms with Crippen LogP contribution >= 0.6 is 12.2 Å². The molecule has 2 N–H and O–H groups in total. The van der Waals surface area contributed by atoms with E-state index in [0.29, 0.717) is 11.3 Å². The van der Waals surface area contributed by atoms with Gasteiger partial charge in [-0.15, -0.1) is 0 Å². The number of alkyl halides is 2. The first-order valence-electron chi connectivity index (χ1n) is 4.32. The average Bonchev–Trinajstić information content (AvgIpc) is 2.16. The van der Waals surface area contributed by atoms with Gasteiger partial charge in [0.05, 0.1) is 0 Å². The molecule has 0 fully saturated rings. The Kier molecular flexibility index (Phi) is 3.96. The van der Waals surface area contributed by atoms with E-state index < -0.39 is 13.0 Å². The van der Waals surface area contributed by atoms with E-state index in [4.69, 9.17) is 22.7 Å². The first-order valence-corrected chi connectivity index (χ1v) is 4.73. The molecule has 0 aliphatic carbocycles. The van der Waals surface area contributed by atoms with Crippen molar-refractivity contribution in [1.82, 2.24) is 0 Å². The zero-order valence-corrected chi connectivity index (χ0v) is 8.98. The van der Waals surface area contributed by atoms with Gasteiger partial charge in [-0.25, -0.2) is 8.78 Å². The predicted octanol–water partition coefficient (Wildman–Crippen LogP) is 2.27. The lowest BCUT2D eigenvalue weighted by Crippen LogP contribution is -2.11. The molecule has 15 heavy (non-hydrogen) atoms. The van der Waals surface area contributed by atoms with Gasteiger partial charge in [-0.1, -0.05) is 24.4 Å². The lowest BCUT2D eigenvalue weighted by atomic mass is 10.1. The van der Waals surface area contributed by atoms with Crippen LogP contribution in [0.25, 0.3) is 0 Å². The Bertz CT molecular complexity index is 368. The Labute approximate surface area is 92.0 Å². The van der Waals surface area contributed by atoms with E-state index in [1.165, 1.54) is 0 Å². The van der Waals surface area contributed by atoms with Crippen LogP contribution < -0.4 is 10.5 Å². The molecule has 0 aliphatic heterocycles. The van der Waals surface area contributed by atoms with Gasteiger partial charge in [-0.3, -0.25) is 0 Å². The quantitative estimate of drug-likeness (QED) is 0.807. The second-order valence-electron chi connectivity index (χ2n) is 3.05. The fourth-order valence-electron chi connectivity index (χ4n) is 1.06. The van der Waals surface area contributed by atoms with Crippen LogP contribution in [0.5, 0.6) is 5.75 Å². The number of benzene rings is 1. The fourth-order valence-corrected chi connectivity index (χ4v) is 1.19. The molecule has 0 radical (unpaired) electrons. The summed E-state index contributed by atoms with van der Waals surface area (Å²) < 4.78 is 28.8. The summed E-state index contributed by atoms with van der Waals surface area (Å²) in [5.74, 6) is 0.389. The number of hydrogen-bond acceptors (Lipinski definition) is 2. The second-order valence-corrected chi connectivity index (χ2v) is 3.49. The van der Waals surface area contributed by atoms with Crippen molar-refractivity contribution in [3.05, 3.63) is 29.3 Å². The highest BCUT2D eigenvalue weighted by molar-refractivity contribution is 7.80. The van der Waals surface area contributed by atoms with Crippen LogP contribution in [0.4, 0.5) is 8.78 Å². The number of thiocarbonyl (C=S) groups is 1. The number of rotatable bonds is 4. The molecule has 1 aromatic rings. The molecule has 0 spiro atoms. The molecule has 2 nitrogen and oxygen atoms in total. The topological polar surface area (TPSA) is 35.2 Å². The molecule has 1 rings (SSSR count). The van der Waals surface area contributed by atoms with Crippen molar-refractivity contribution in [1.29, 1.82) is 0 Å². The molecule has 0 saturated carbocycles. The van der Waals surface area contributed by atoms with Crippen LogP contribution in [-0.4, -0.2) is 18.0 Å². The van der Waals surface area contributed by atoms with E-state index in [1.54, 1.807) is 25.1 Å². The Balaban J connectivity index is 2.85. The molecule has 1 aromatic carbocycles. The molecular weight excluding hydrogens is 220 g/mol. The minimum atomic E-state index is -2.49. The highest BCUT2D eigenvalue weighted by Crippen LogP contribution is 2.20. The van der Waals surface area contributed by atoms with Gasteiger partial charge in [0.2, 0.25) is 0 Å². The molecule has 0 aliphatic rings. The van der Waals surface area contributed by atoms with Crippen molar-refractivity contribution >= 4 is 17.2 Å². The number of halogens is 2. The van der Waals surface area contributed by atoms with Crippen molar-refractivity contribution in [3.8, 4) is 5.75 Å². The number of aryl methyl sites for hydroxylation is 1. The van der Waals surface area contributed by atoms with Crippen molar-refractivity contribution in [2.75, 3.05) is 6.61 Å². The summed E-state index contributed by atoms with van der Waals surface area (Å²) in [4.78, 5) is 0.219. The maximum absolute atomic E-state index is 11.9. The largest absolute Gasteiger partial charge is 0.487 e. The molecule has 0 amide bonds. The first-order chi connectivity index (χ1) is 7.00. The third-order valence-electron chi connectivity index (χ3n) is 1.84. The van der Waals surface area contributed by atoms with Crippen molar-refractivity contribution in [2.45, 2.75) is 13.3 Å². The fraction of sp³-hybridized carbons (Fsp3) is 0.300. The van der Waals surface area contributed by atoms with E-state index in [0.717, 1.165) is 5.56 Å². The Hall–Kier alpha value is -1.23. The van der Waals surface area contributed by atoms with E-state index >= 15 is 0 Å². The van der Waals surface area contributed by atoms with Crippen molar-refractivity contribution < 1.29 is 13.5 Å². The van der Waals surface area contributed by atoms with Crippen LogP contribution in [0.1, 0.15) is 11.1 Å². The van der Waals surface area contributed by atoms with E-state index in [9.17, 15) is 8.78 Å². The first kappa shape index (κ1) is 11.8. The van der Waals surface area contributed by atoms with Gasteiger partial charge in [0, 0.05) is 5.56 Å². The molecule has 5 heteroatoms. The van der Waals surface area contributed by atoms with Gasteiger partial charge < -0.3 is 10.5 Å². The summed E-state index contributed by atoms with van der Waals surface area (Å²) in [5.41, 5.74) is 6.80. The third kappa shape index (κ3) is 3.43. The van der Waals surface area contributed by atoms with Crippen molar-refractivity contribution in [3.63, 3.8) is 0 Å². The lowest BCUT2D eigenvalue weighted by molar-refractivity contribution is 0.0816. The van der Waals surface area contributed by atoms with E-state index in [1.807, 2.05) is 0 Å². The molecular formula is C10H11F2NOS. The summed E-state index contributed by atoms with van der Waals surface area (Å²) in [6.07, 6.45) is -2.49. The molecule has 0 saturated heterocycles. The maximum atomic E-state index is 11.9. The van der Waals surface area contributed by atoms with Crippen LogP contribution in [0.3, 0.4) is 0 Å². The van der Waals surface area contributed by atoms with Gasteiger partial charge in [0.15, 0.2) is 0 Å². The normalized spacial score (nSPS) is 10.4. The standard InChI is InChI=1S/C10H11F2NOS/c1-6-2-3-7(10(13)15)4-8(6)14-5-9(11)12/h2-4,9H,5H2,1H3,(H2,13,15). The van der Waals surface area contributed by atoms with Gasteiger partial charge in [0.1, 0.15) is 17.3 Å². The number of nitrogens with two attached hydrogens (primary N) is 1. The van der Waals surface area contributed by atoms with Crippen LogP contribution in [0.2, 0.25) is 0 Å². The summed E-state index contributed by atoms with van der Waals surface area (Å²) in [6, 6.07) is 5.03. The second kappa shape index (κ2) is 5.02. The molecule has 0 aromatic heterocycles. The SMILES string of the molecule is Cc1ccc(C(N)=S)cc1OCC(F)F. The smallest absolute Gasteiger partial charge is 0.272 e. The van der Waals surface area contributed by atoms with E-state index in [2.05, 4.69) is 0 Å². The Morgan fingerprint density at radius 3 is 2.73 bits per heavy atom. The zero-order chi connectivity index (χ0) is 11.4. The summed E-state index contributed by atoms with van der Waals surface area (Å²) in [6.45, 7) is 1.14. The van der Waals surface area contributed by atoms with Crippen molar-refractivity contribution in [2.24, 2.45) is 5.73 Å². The summed E-state index contributed by atoms with van der Waals surface area (Å²) >= 11 is 4.77. The highest BCUT2D eigenvalue weighted by atomic mass is 32.1. The lowest BCUT2D eigenvalue weighted by Gasteiger charge is -2.09. The molecule has 0 atom stereocenters. The van der Waals surface area contributed by atoms with Gasteiger partial charge >= 0.3 is 0 Å². The minimum Gasteiger partial charge on any atom is -0.487 e. The summed E-state index contributed by atoms with van der Waals surface area (Å²) in [5, 5.41) is 0. The average molecular weight is 231 g/mol. The predicted molar refractivity (Wildman–Crippen MR) is 58.6 cm³/mol. The van der Waals surface area contributed by atoms with E-state index in [-0.39, 0.29) is 4.99 Å². The minimum absolute atomic E-state index is 0.219. The van der Waals surface area contributed by atoms with Gasteiger partial charge in [0.25, 0.3) is 6.43 Å². The summed E-state index contributed by atoms with van der Waals surface area (Å²) in [7, 11) is 0. The maximum Gasteiger partial charge on any atom is 0.272 e. The van der Waals surface area contributed by atoms with Crippen LogP contribution in [0.15, 0.2) is 18.2 Å². The number of ether oxygens (including phenoxy) is 1. The Morgan fingerprint density at radius 2 is 2.20 bits per heavy atom. The van der Waals surface area contributed by atoms with Gasteiger partial charge in [-0.2, -0.15) is 0 Å². The number of hydrogen-bond donors (Lipinski definition) is 1. The third-order valence-corrected chi connectivity index (χ3v) is 2.07. The molecule has 0 bridgehead atoms. The monoisotopic (exact) mass is 231 g/mol. The highest BCUT2D eigenvalue weighted by Gasteiger charge is 2.07. The van der Waals surface area contributed by atoms with Crippen LogP contribution in [-0.2, 0) is 0 Å². The van der Waals surface area contributed by atoms with Crippen LogP contribution in [0, 0.1) is 6.92 Å². The molecule has 0 unspecified atom stereocenters. The zero-order valence-electron chi connectivity index (χ0n) is 8.17. The molecule has 82 valence electrons. The Morgan fingerprint density at radius 1 is 1.53 bits per heavy atom.